The van der Waals surface area contributed by atoms with E-state index in [1.807, 2.05) is 6.26 Å². The summed E-state index contributed by atoms with van der Waals surface area (Å²) in [6.07, 6.45) is 3.41. The molecule has 20 heavy (non-hydrogen) atoms. The number of rotatable bonds is 5. The Balaban J connectivity index is 2.20. The molecule has 0 radical (unpaired) electrons. The lowest BCUT2D eigenvalue weighted by Crippen LogP contribution is -2.24. The predicted octanol–water partition coefficient (Wildman–Crippen LogP) is 1.97. The molecule has 2 rings (SSSR count). The van der Waals surface area contributed by atoms with Crippen molar-refractivity contribution in [1.82, 2.24) is 15.5 Å². The number of aromatic nitrogens is 2. The smallest absolute Gasteiger partial charge is 0.282 e. The van der Waals surface area contributed by atoms with Crippen molar-refractivity contribution in [3.8, 4) is 0 Å². The molecule has 0 saturated heterocycles. The molecule has 0 atom stereocenters. The summed E-state index contributed by atoms with van der Waals surface area (Å²) in [4.78, 5) is 23.3. The van der Waals surface area contributed by atoms with Gasteiger partial charge >= 0.3 is 0 Å². The van der Waals surface area contributed by atoms with Crippen LogP contribution in [0.15, 0.2) is 35.4 Å². The van der Waals surface area contributed by atoms with E-state index < -0.39 is 10.8 Å². The quantitative estimate of drug-likeness (QED) is 0.498. The SMILES string of the molecule is CSc1ccc([N+](=O)[O-])c(C(=O)NCc2ccn[nH]2)c1. The number of nitrogens with one attached hydrogen (secondary N) is 2. The van der Waals surface area contributed by atoms with Crippen LogP contribution in [0, 0.1) is 10.1 Å². The van der Waals surface area contributed by atoms with Gasteiger partial charge in [-0.2, -0.15) is 5.10 Å². The zero-order chi connectivity index (χ0) is 14.5. The number of carbonyl (C=O) groups excluding carboxylic acids is 1. The van der Waals surface area contributed by atoms with Crippen LogP contribution < -0.4 is 5.32 Å². The van der Waals surface area contributed by atoms with Crippen molar-refractivity contribution in [2.75, 3.05) is 6.26 Å². The Morgan fingerprint density at radius 2 is 2.30 bits per heavy atom. The van der Waals surface area contributed by atoms with Crippen LogP contribution >= 0.6 is 11.8 Å². The Bertz CT molecular complexity index is 628. The number of amides is 1. The van der Waals surface area contributed by atoms with E-state index in [0.29, 0.717) is 0 Å². The highest BCUT2D eigenvalue weighted by Crippen LogP contribution is 2.24. The number of nitro groups is 1. The maximum atomic E-state index is 12.1. The Morgan fingerprint density at radius 3 is 2.90 bits per heavy atom. The largest absolute Gasteiger partial charge is 0.346 e. The monoisotopic (exact) mass is 292 g/mol. The van der Waals surface area contributed by atoms with E-state index in [4.69, 9.17) is 0 Å². The molecular weight excluding hydrogens is 280 g/mol. The van der Waals surface area contributed by atoms with Crippen molar-refractivity contribution < 1.29 is 9.72 Å². The lowest BCUT2D eigenvalue weighted by atomic mass is 10.1. The number of carbonyl (C=O) groups is 1. The van der Waals surface area contributed by atoms with E-state index in [2.05, 4.69) is 15.5 Å². The number of thioether (sulfide) groups is 1. The fraction of sp³-hybridized carbons (Fsp3) is 0.167. The molecule has 1 amide bonds. The summed E-state index contributed by atoms with van der Waals surface area (Å²) in [5.74, 6) is -0.484. The molecule has 2 N–H and O–H groups in total. The minimum Gasteiger partial charge on any atom is -0.346 e. The van der Waals surface area contributed by atoms with Crippen molar-refractivity contribution >= 4 is 23.4 Å². The van der Waals surface area contributed by atoms with Gasteiger partial charge in [0, 0.05) is 17.2 Å². The van der Waals surface area contributed by atoms with Crippen LogP contribution in [0.2, 0.25) is 0 Å². The summed E-state index contributed by atoms with van der Waals surface area (Å²) in [7, 11) is 0. The Kier molecular flexibility index (Phi) is 4.36. The number of hydrogen-bond acceptors (Lipinski definition) is 5. The van der Waals surface area contributed by atoms with Gasteiger partial charge in [0.15, 0.2) is 0 Å². The van der Waals surface area contributed by atoms with Gasteiger partial charge in [-0.3, -0.25) is 20.0 Å². The van der Waals surface area contributed by atoms with E-state index in [0.717, 1.165) is 10.6 Å². The first kappa shape index (κ1) is 14.1. The molecule has 0 bridgehead atoms. The number of aromatic amines is 1. The molecule has 0 spiro atoms. The Morgan fingerprint density at radius 1 is 1.50 bits per heavy atom. The van der Waals surface area contributed by atoms with Crippen molar-refractivity contribution in [1.29, 1.82) is 0 Å². The van der Waals surface area contributed by atoms with Crippen molar-refractivity contribution in [3.05, 3.63) is 51.8 Å². The van der Waals surface area contributed by atoms with E-state index in [1.54, 1.807) is 18.3 Å². The van der Waals surface area contributed by atoms with E-state index >= 15 is 0 Å². The average Bonchev–Trinajstić information content (AvgIpc) is 2.97. The number of nitro benzene ring substituents is 1. The van der Waals surface area contributed by atoms with Crippen LogP contribution in [0.4, 0.5) is 5.69 Å². The van der Waals surface area contributed by atoms with Crippen molar-refractivity contribution in [2.45, 2.75) is 11.4 Å². The normalized spacial score (nSPS) is 10.2. The van der Waals surface area contributed by atoms with Gasteiger partial charge in [-0.05, 0) is 24.5 Å². The molecule has 1 aromatic carbocycles. The van der Waals surface area contributed by atoms with Crippen LogP contribution in [0.1, 0.15) is 16.1 Å². The molecule has 0 saturated carbocycles. The third-order valence-electron chi connectivity index (χ3n) is 2.64. The molecule has 8 heteroatoms. The lowest BCUT2D eigenvalue weighted by Gasteiger charge is -2.06. The summed E-state index contributed by atoms with van der Waals surface area (Å²) < 4.78 is 0. The minimum atomic E-state index is -0.560. The van der Waals surface area contributed by atoms with Crippen LogP contribution in [0.5, 0.6) is 0 Å². The van der Waals surface area contributed by atoms with Crippen LogP contribution in [0.3, 0.4) is 0 Å². The highest BCUT2D eigenvalue weighted by Gasteiger charge is 2.20. The van der Waals surface area contributed by atoms with Crippen LogP contribution in [0.25, 0.3) is 0 Å². The first-order valence-electron chi connectivity index (χ1n) is 5.70. The third kappa shape index (κ3) is 3.15. The van der Waals surface area contributed by atoms with Gasteiger partial charge in [0.1, 0.15) is 5.56 Å². The molecule has 2 aromatic rings. The number of nitrogens with zero attached hydrogens (tertiary/aromatic N) is 2. The predicted molar refractivity (Wildman–Crippen MR) is 74.6 cm³/mol. The zero-order valence-electron chi connectivity index (χ0n) is 10.6. The maximum absolute atomic E-state index is 12.1. The number of benzene rings is 1. The van der Waals surface area contributed by atoms with Gasteiger partial charge < -0.3 is 5.32 Å². The van der Waals surface area contributed by atoms with Gasteiger partial charge in [0.25, 0.3) is 11.6 Å². The standard InChI is InChI=1S/C12H12N4O3S/c1-20-9-2-3-11(16(18)19)10(6-9)12(17)13-7-8-4-5-14-15-8/h2-6H,7H2,1H3,(H,13,17)(H,14,15). The summed E-state index contributed by atoms with van der Waals surface area (Å²) in [5.41, 5.74) is 0.577. The third-order valence-corrected chi connectivity index (χ3v) is 3.37. The fourth-order valence-corrected chi connectivity index (χ4v) is 2.08. The van der Waals surface area contributed by atoms with Crippen molar-refractivity contribution in [3.63, 3.8) is 0 Å². The van der Waals surface area contributed by atoms with Crippen LogP contribution in [-0.4, -0.2) is 27.3 Å². The molecule has 0 aliphatic rings. The molecule has 104 valence electrons. The first-order valence-corrected chi connectivity index (χ1v) is 6.93. The van der Waals surface area contributed by atoms with Gasteiger partial charge in [-0.25, -0.2) is 0 Å². The molecule has 0 fully saturated rings. The highest BCUT2D eigenvalue weighted by atomic mass is 32.2. The van der Waals surface area contributed by atoms with Gasteiger partial charge in [0.2, 0.25) is 0 Å². The van der Waals surface area contributed by atoms with Crippen LogP contribution in [-0.2, 0) is 6.54 Å². The number of hydrogen-bond donors (Lipinski definition) is 2. The highest BCUT2D eigenvalue weighted by molar-refractivity contribution is 7.98. The van der Waals surface area contributed by atoms with E-state index in [1.165, 1.54) is 23.9 Å². The molecular formula is C12H12N4O3S. The second-order valence-electron chi connectivity index (χ2n) is 3.90. The number of H-pyrrole nitrogens is 1. The molecule has 1 aromatic heterocycles. The zero-order valence-corrected chi connectivity index (χ0v) is 11.4. The second-order valence-corrected chi connectivity index (χ2v) is 4.78. The molecule has 0 aliphatic carbocycles. The molecule has 1 heterocycles. The maximum Gasteiger partial charge on any atom is 0.282 e. The first-order chi connectivity index (χ1) is 9.61. The van der Waals surface area contributed by atoms with Crippen molar-refractivity contribution in [2.24, 2.45) is 0 Å². The van der Waals surface area contributed by atoms with Gasteiger partial charge in [-0.1, -0.05) is 0 Å². The van der Waals surface area contributed by atoms with E-state index in [9.17, 15) is 14.9 Å². The summed E-state index contributed by atoms with van der Waals surface area (Å²) in [6, 6.07) is 6.20. The summed E-state index contributed by atoms with van der Waals surface area (Å²) in [6.45, 7) is 0.236. The minimum absolute atomic E-state index is 0.0568. The summed E-state index contributed by atoms with van der Waals surface area (Å²) >= 11 is 1.42. The Labute approximate surface area is 118 Å². The Hall–Kier alpha value is -2.35. The lowest BCUT2D eigenvalue weighted by molar-refractivity contribution is -0.385. The molecule has 7 nitrogen and oxygen atoms in total. The molecule has 0 aliphatic heterocycles. The second kappa shape index (κ2) is 6.20. The van der Waals surface area contributed by atoms with E-state index in [-0.39, 0.29) is 17.8 Å². The van der Waals surface area contributed by atoms with Gasteiger partial charge in [-0.15, -0.1) is 11.8 Å². The average molecular weight is 292 g/mol. The fourth-order valence-electron chi connectivity index (χ4n) is 1.64. The summed E-state index contributed by atoms with van der Waals surface area (Å²) in [5, 5.41) is 20.0. The topological polar surface area (TPSA) is 101 Å². The molecule has 0 unspecified atom stereocenters. The van der Waals surface area contributed by atoms with Gasteiger partial charge in [0.05, 0.1) is 17.2 Å².